The molecule has 2 bridgehead atoms. The quantitative estimate of drug-likeness (QED) is 0.724. The zero-order chi connectivity index (χ0) is 20.0. The number of piperidine rings is 2. The van der Waals surface area contributed by atoms with Crippen molar-refractivity contribution in [3.05, 3.63) is 54.4 Å². The van der Waals surface area contributed by atoms with Crippen molar-refractivity contribution in [1.82, 2.24) is 9.88 Å². The lowest BCUT2D eigenvalue weighted by molar-refractivity contribution is -0.140. The number of anilines is 1. The summed E-state index contributed by atoms with van der Waals surface area (Å²) in [4.78, 5) is 21.7. The Morgan fingerprint density at radius 3 is 2.83 bits per heavy atom. The molecule has 1 aromatic carbocycles. The Labute approximate surface area is 172 Å². The molecule has 0 radical (unpaired) electrons. The van der Waals surface area contributed by atoms with Crippen LogP contribution >= 0.6 is 0 Å². The molecule has 1 amide bonds. The highest BCUT2D eigenvalue weighted by Crippen LogP contribution is 2.70. The number of carbonyl (C=O) groups is 1. The Balaban J connectivity index is 1.22. The SMILES string of the molecule is CCOc1ccc(N2C[C@@H]3CC4(C[C@@H]24)C3N(C)C(=O)CCc2cccnc2)cc1. The number of ether oxygens (including phenoxy) is 1. The van der Waals surface area contributed by atoms with Gasteiger partial charge in [0.1, 0.15) is 5.75 Å². The van der Waals surface area contributed by atoms with Gasteiger partial charge in [-0.05, 0) is 68.0 Å². The van der Waals surface area contributed by atoms with Crippen LogP contribution in [0.5, 0.6) is 5.75 Å². The van der Waals surface area contributed by atoms with E-state index in [1.165, 1.54) is 18.5 Å². The highest BCUT2D eigenvalue weighted by atomic mass is 16.5. The third-order valence-electron chi connectivity index (χ3n) is 7.20. The van der Waals surface area contributed by atoms with Gasteiger partial charge in [-0.1, -0.05) is 6.07 Å². The van der Waals surface area contributed by atoms with E-state index in [0.29, 0.717) is 36.4 Å². The summed E-state index contributed by atoms with van der Waals surface area (Å²) in [6.45, 7) is 3.75. The van der Waals surface area contributed by atoms with Crippen molar-refractivity contribution < 1.29 is 9.53 Å². The molecule has 5 heteroatoms. The van der Waals surface area contributed by atoms with Crippen molar-refractivity contribution >= 4 is 11.6 Å². The van der Waals surface area contributed by atoms with Crippen LogP contribution in [0.1, 0.15) is 31.7 Å². The van der Waals surface area contributed by atoms with Crippen molar-refractivity contribution in [2.45, 2.75) is 44.7 Å². The van der Waals surface area contributed by atoms with Crippen molar-refractivity contribution in [2.24, 2.45) is 11.3 Å². The summed E-state index contributed by atoms with van der Waals surface area (Å²) in [5.41, 5.74) is 2.74. The Morgan fingerprint density at radius 1 is 1.28 bits per heavy atom. The Kier molecular flexibility index (Phi) is 4.49. The molecule has 5 nitrogen and oxygen atoms in total. The zero-order valence-corrected chi connectivity index (χ0v) is 17.3. The topological polar surface area (TPSA) is 45.7 Å². The smallest absolute Gasteiger partial charge is 0.222 e. The van der Waals surface area contributed by atoms with Crippen molar-refractivity contribution in [3.63, 3.8) is 0 Å². The summed E-state index contributed by atoms with van der Waals surface area (Å²) in [5, 5.41) is 0. The summed E-state index contributed by atoms with van der Waals surface area (Å²) in [6, 6.07) is 13.5. The molecule has 2 unspecified atom stereocenters. The first kappa shape index (κ1) is 18.5. The maximum atomic E-state index is 12.9. The van der Waals surface area contributed by atoms with Crippen LogP contribution in [0.3, 0.4) is 0 Å². The van der Waals surface area contributed by atoms with Crippen molar-refractivity contribution in [2.75, 3.05) is 25.1 Å². The monoisotopic (exact) mass is 391 g/mol. The molecule has 2 aliphatic heterocycles. The normalized spacial score (nSPS) is 28.9. The molecule has 29 heavy (non-hydrogen) atoms. The van der Waals surface area contributed by atoms with Gasteiger partial charge in [0.15, 0.2) is 0 Å². The predicted molar refractivity (Wildman–Crippen MR) is 113 cm³/mol. The number of amides is 1. The number of benzene rings is 1. The Hall–Kier alpha value is -2.56. The van der Waals surface area contributed by atoms with Crippen molar-refractivity contribution in [3.8, 4) is 5.75 Å². The molecule has 6 rings (SSSR count). The summed E-state index contributed by atoms with van der Waals surface area (Å²) in [6.07, 6.45) is 7.45. The van der Waals surface area contributed by atoms with Gasteiger partial charge in [0.25, 0.3) is 0 Å². The van der Waals surface area contributed by atoms with E-state index in [2.05, 4.69) is 39.0 Å². The molecule has 2 aliphatic carbocycles. The number of pyridine rings is 1. The van der Waals surface area contributed by atoms with Crippen molar-refractivity contribution in [1.29, 1.82) is 0 Å². The minimum absolute atomic E-state index is 0.267. The highest BCUT2D eigenvalue weighted by molar-refractivity contribution is 5.77. The maximum Gasteiger partial charge on any atom is 0.222 e. The largest absolute Gasteiger partial charge is 0.494 e. The van der Waals surface area contributed by atoms with Gasteiger partial charge in [-0.15, -0.1) is 0 Å². The lowest BCUT2D eigenvalue weighted by Crippen LogP contribution is -2.65. The molecule has 3 heterocycles. The van der Waals surface area contributed by atoms with Crippen LogP contribution in [-0.4, -0.2) is 48.1 Å². The average Bonchev–Trinajstić information content (AvgIpc) is 3.52. The van der Waals surface area contributed by atoms with E-state index in [-0.39, 0.29) is 5.91 Å². The predicted octanol–water partition coefficient (Wildman–Crippen LogP) is 3.54. The van der Waals surface area contributed by atoms with E-state index < -0.39 is 0 Å². The molecular weight excluding hydrogens is 362 g/mol. The van der Waals surface area contributed by atoms with Gasteiger partial charge in [0.2, 0.25) is 5.91 Å². The first-order valence-electron chi connectivity index (χ1n) is 10.8. The third kappa shape index (κ3) is 3.07. The minimum atomic E-state index is 0.267. The van der Waals surface area contributed by atoms with E-state index in [1.807, 2.05) is 32.3 Å². The molecule has 4 atom stereocenters. The lowest BCUT2D eigenvalue weighted by Gasteiger charge is -2.57. The van der Waals surface area contributed by atoms with Gasteiger partial charge in [-0.25, -0.2) is 0 Å². The molecule has 2 aromatic rings. The van der Waals surface area contributed by atoms with Crippen LogP contribution < -0.4 is 9.64 Å². The maximum absolute atomic E-state index is 12.9. The van der Waals surface area contributed by atoms with Gasteiger partial charge in [0, 0.05) is 55.6 Å². The number of aromatic nitrogens is 1. The van der Waals surface area contributed by atoms with Crippen LogP contribution in [0.25, 0.3) is 0 Å². The number of carbonyl (C=O) groups excluding carboxylic acids is 1. The first-order chi connectivity index (χ1) is 14.1. The molecule has 1 spiro atoms. The fourth-order valence-corrected chi connectivity index (χ4v) is 5.85. The molecule has 152 valence electrons. The summed E-state index contributed by atoms with van der Waals surface area (Å²) in [5.74, 6) is 1.77. The van der Waals surface area contributed by atoms with Gasteiger partial charge in [-0.2, -0.15) is 0 Å². The zero-order valence-electron chi connectivity index (χ0n) is 17.3. The molecule has 4 fully saturated rings. The first-order valence-corrected chi connectivity index (χ1v) is 10.8. The lowest BCUT2D eigenvalue weighted by atomic mass is 9.62. The summed E-state index contributed by atoms with van der Waals surface area (Å²) < 4.78 is 5.58. The minimum Gasteiger partial charge on any atom is -0.494 e. The molecular formula is C24H29N3O2. The fourth-order valence-electron chi connectivity index (χ4n) is 5.85. The van der Waals surface area contributed by atoms with Crippen LogP contribution in [0.15, 0.2) is 48.8 Å². The Bertz CT molecular complexity index is 885. The molecule has 1 aromatic heterocycles. The van der Waals surface area contributed by atoms with Gasteiger partial charge in [0.05, 0.1) is 6.61 Å². The number of aryl methyl sites for hydroxylation is 1. The number of rotatable bonds is 7. The second-order valence-corrected chi connectivity index (χ2v) is 8.81. The average molecular weight is 392 g/mol. The Morgan fingerprint density at radius 2 is 2.10 bits per heavy atom. The van der Waals surface area contributed by atoms with Gasteiger partial charge >= 0.3 is 0 Å². The molecule has 0 N–H and O–H groups in total. The number of hydrogen-bond donors (Lipinski definition) is 0. The highest BCUT2D eigenvalue weighted by Gasteiger charge is 2.74. The second-order valence-electron chi connectivity index (χ2n) is 8.81. The number of hydrogen-bond acceptors (Lipinski definition) is 4. The summed E-state index contributed by atoms with van der Waals surface area (Å²) >= 11 is 0. The number of fused-ring (bicyclic) bond motifs is 1. The van der Waals surface area contributed by atoms with E-state index in [1.54, 1.807) is 6.20 Å². The van der Waals surface area contributed by atoms with E-state index in [9.17, 15) is 4.79 Å². The van der Waals surface area contributed by atoms with E-state index in [4.69, 9.17) is 4.74 Å². The molecule has 2 saturated heterocycles. The molecule has 2 saturated carbocycles. The van der Waals surface area contributed by atoms with Crippen LogP contribution in [0, 0.1) is 11.3 Å². The van der Waals surface area contributed by atoms with Gasteiger partial charge < -0.3 is 14.5 Å². The van der Waals surface area contributed by atoms with Crippen LogP contribution in [0.2, 0.25) is 0 Å². The fraction of sp³-hybridized carbons (Fsp3) is 0.500. The van der Waals surface area contributed by atoms with Crippen LogP contribution in [-0.2, 0) is 11.2 Å². The molecule has 4 aliphatic rings. The van der Waals surface area contributed by atoms with Gasteiger partial charge in [-0.3, -0.25) is 9.78 Å². The number of nitrogens with zero attached hydrogens (tertiary/aromatic N) is 3. The van der Waals surface area contributed by atoms with Crippen LogP contribution in [0.4, 0.5) is 5.69 Å². The second kappa shape index (κ2) is 7.05. The summed E-state index contributed by atoms with van der Waals surface area (Å²) in [7, 11) is 2.02. The van der Waals surface area contributed by atoms with E-state index in [0.717, 1.165) is 24.3 Å². The van der Waals surface area contributed by atoms with E-state index >= 15 is 0 Å². The standard InChI is InChI=1S/C24H29N3O2/c1-3-29-20-9-7-19(8-10-20)27-16-18-13-24(14-21(24)27)23(18)26(2)22(28)11-6-17-5-4-12-25-15-17/h4-5,7-10,12,15,18,21,23H,3,6,11,13-14,16H2,1-2H3/t18-,21+,23?,24?/m0/s1. The third-order valence-corrected chi connectivity index (χ3v) is 7.20.